The van der Waals surface area contributed by atoms with E-state index in [2.05, 4.69) is 5.32 Å². The Hall–Kier alpha value is -2.01. The molecule has 1 atom stereocenters. The maximum Gasteiger partial charge on any atom is 0.251 e. The molecule has 0 saturated heterocycles. The molecule has 0 fully saturated rings. The van der Waals surface area contributed by atoms with Crippen LogP contribution in [0.3, 0.4) is 0 Å². The molecule has 3 nitrogen and oxygen atoms in total. The summed E-state index contributed by atoms with van der Waals surface area (Å²) in [6.07, 6.45) is 2.28. The van der Waals surface area contributed by atoms with E-state index in [0.717, 1.165) is 11.1 Å². The molecule has 22 heavy (non-hydrogen) atoms. The lowest BCUT2D eigenvalue weighted by Gasteiger charge is -2.07. The SMILES string of the molecule is C[S@](=O)Cc1cccc(C(=O)NCCc2ccc(F)cc2)c1. The molecule has 0 saturated carbocycles. The van der Waals surface area contributed by atoms with Crippen molar-refractivity contribution in [1.29, 1.82) is 0 Å². The van der Waals surface area contributed by atoms with E-state index in [4.69, 9.17) is 0 Å². The summed E-state index contributed by atoms with van der Waals surface area (Å²) in [7, 11) is -0.933. The highest BCUT2D eigenvalue weighted by atomic mass is 32.2. The van der Waals surface area contributed by atoms with Crippen molar-refractivity contribution in [3.8, 4) is 0 Å². The van der Waals surface area contributed by atoms with E-state index in [0.29, 0.717) is 24.3 Å². The predicted octanol–water partition coefficient (Wildman–Crippen LogP) is 2.68. The Balaban J connectivity index is 1.89. The lowest BCUT2D eigenvalue weighted by atomic mass is 10.1. The van der Waals surface area contributed by atoms with Crippen LogP contribution in [-0.2, 0) is 23.0 Å². The number of carbonyl (C=O) groups excluding carboxylic acids is 1. The van der Waals surface area contributed by atoms with Gasteiger partial charge in [0.25, 0.3) is 5.91 Å². The molecule has 0 spiro atoms. The second-order valence-corrected chi connectivity index (χ2v) is 6.49. The number of rotatable bonds is 6. The third-order valence-electron chi connectivity index (χ3n) is 3.17. The minimum atomic E-state index is -0.933. The quantitative estimate of drug-likeness (QED) is 0.890. The lowest BCUT2D eigenvalue weighted by Crippen LogP contribution is -2.25. The van der Waals surface area contributed by atoms with Crippen LogP contribution < -0.4 is 5.32 Å². The first-order valence-corrected chi connectivity index (χ1v) is 8.69. The molecule has 1 amide bonds. The summed E-state index contributed by atoms with van der Waals surface area (Å²) < 4.78 is 24.0. The van der Waals surface area contributed by atoms with Crippen LogP contribution in [0.1, 0.15) is 21.5 Å². The molecular formula is C17H18FNO2S. The highest BCUT2D eigenvalue weighted by molar-refractivity contribution is 7.83. The maximum absolute atomic E-state index is 12.8. The van der Waals surface area contributed by atoms with E-state index in [-0.39, 0.29) is 11.7 Å². The van der Waals surface area contributed by atoms with Crippen molar-refractivity contribution < 1.29 is 13.4 Å². The average Bonchev–Trinajstić information content (AvgIpc) is 2.49. The second kappa shape index (κ2) is 7.84. The molecule has 1 N–H and O–H groups in total. The molecule has 0 aromatic heterocycles. The van der Waals surface area contributed by atoms with Crippen LogP contribution in [0, 0.1) is 5.82 Å². The van der Waals surface area contributed by atoms with Crippen molar-refractivity contribution in [3.05, 3.63) is 71.0 Å². The molecule has 0 aliphatic rings. The minimum Gasteiger partial charge on any atom is -0.352 e. The van der Waals surface area contributed by atoms with Gasteiger partial charge in [-0.15, -0.1) is 0 Å². The van der Waals surface area contributed by atoms with Crippen LogP contribution in [0.4, 0.5) is 4.39 Å². The molecule has 0 radical (unpaired) electrons. The van der Waals surface area contributed by atoms with Crippen molar-refractivity contribution in [1.82, 2.24) is 5.32 Å². The smallest absolute Gasteiger partial charge is 0.251 e. The number of carbonyl (C=O) groups is 1. The summed E-state index contributed by atoms with van der Waals surface area (Å²) in [5.74, 6) is 0.0141. The Bertz CT molecular complexity index is 671. The Morgan fingerprint density at radius 1 is 1.14 bits per heavy atom. The van der Waals surface area contributed by atoms with Crippen molar-refractivity contribution in [2.75, 3.05) is 12.8 Å². The van der Waals surface area contributed by atoms with Crippen LogP contribution in [0.25, 0.3) is 0 Å². The lowest BCUT2D eigenvalue weighted by molar-refractivity contribution is 0.0954. The zero-order valence-electron chi connectivity index (χ0n) is 12.3. The summed E-state index contributed by atoms with van der Waals surface area (Å²) in [4.78, 5) is 12.1. The Kier molecular flexibility index (Phi) is 5.83. The van der Waals surface area contributed by atoms with Crippen molar-refractivity contribution >= 4 is 16.7 Å². The zero-order chi connectivity index (χ0) is 15.9. The van der Waals surface area contributed by atoms with Crippen molar-refractivity contribution in [2.45, 2.75) is 12.2 Å². The average molecular weight is 319 g/mol. The van der Waals surface area contributed by atoms with Crippen molar-refractivity contribution in [3.63, 3.8) is 0 Å². The number of nitrogens with one attached hydrogen (secondary N) is 1. The first-order chi connectivity index (χ1) is 10.5. The van der Waals surface area contributed by atoms with Gasteiger partial charge in [0.15, 0.2) is 0 Å². The first kappa shape index (κ1) is 16.4. The fourth-order valence-electron chi connectivity index (χ4n) is 2.11. The van der Waals surface area contributed by atoms with Gasteiger partial charge in [0.2, 0.25) is 0 Å². The number of halogens is 1. The third kappa shape index (κ3) is 5.07. The standard InChI is InChI=1S/C17H18FNO2S/c1-22(21)12-14-3-2-4-15(11-14)17(20)19-10-9-13-5-7-16(18)8-6-13/h2-8,11H,9-10,12H2,1H3,(H,19,20)/t22-/m0/s1. The van der Waals surface area contributed by atoms with Gasteiger partial charge in [0.05, 0.1) is 0 Å². The van der Waals surface area contributed by atoms with Crippen LogP contribution in [0.15, 0.2) is 48.5 Å². The van der Waals surface area contributed by atoms with Crippen LogP contribution in [-0.4, -0.2) is 22.9 Å². The highest BCUT2D eigenvalue weighted by Crippen LogP contribution is 2.08. The molecule has 5 heteroatoms. The van der Waals surface area contributed by atoms with Crippen molar-refractivity contribution in [2.24, 2.45) is 0 Å². The number of hydrogen-bond donors (Lipinski definition) is 1. The van der Waals surface area contributed by atoms with Crippen LogP contribution in [0.5, 0.6) is 0 Å². The summed E-state index contributed by atoms with van der Waals surface area (Å²) in [6, 6.07) is 13.4. The zero-order valence-corrected chi connectivity index (χ0v) is 13.2. The minimum absolute atomic E-state index is 0.161. The summed E-state index contributed by atoms with van der Waals surface area (Å²) in [6.45, 7) is 0.481. The Morgan fingerprint density at radius 2 is 1.86 bits per heavy atom. The van der Waals surface area contributed by atoms with Gasteiger partial charge in [-0.2, -0.15) is 0 Å². The van der Waals surface area contributed by atoms with Gasteiger partial charge in [-0.05, 0) is 41.8 Å². The maximum atomic E-state index is 12.8. The molecular weight excluding hydrogens is 301 g/mol. The Labute approximate surface area is 132 Å². The summed E-state index contributed by atoms with van der Waals surface area (Å²) >= 11 is 0. The van der Waals surface area contributed by atoms with E-state index in [1.54, 1.807) is 36.6 Å². The molecule has 2 aromatic rings. The van der Waals surface area contributed by atoms with Gasteiger partial charge in [0, 0.05) is 34.9 Å². The van der Waals surface area contributed by atoms with Gasteiger partial charge in [-0.3, -0.25) is 9.00 Å². The fourth-order valence-corrected chi connectivity index (χ4v) is 2.76. The second-order valence-electron chi connectivity index (χ2n) is 5.05. The predicted molar refractivity (Wildman–Crippen MR) is 86.6 cm³/mol. The molecule has 2 aromatic carbocycles. The van der Waals surface area contributed by atoms with Crippen LogP contribution >= 0.6 is 0 Å². The number of benzene rings is 2. The van der Waals surface area contributed by atoms with E-state index in [1.165, 1.54) is 12.1 Å². The van der Waals surface area contributed by atoms with E-state index in [9.17, 15) is 13.4 Å². The van der Waals surface area contributed by atoms with E-state index >= 15 is 0 Å². The molecule has 0 heterocycles. The largest absolute Gasteiger partial charge is 0.352 e. The molecule has 0 aliphatic heterocycles. The number of amides is 1. The molecule has 0 bridgehead atoms. The monoisotopic (exact) mass is 319 g/mol. The molecule has 0 unspecified atom stereocenters. The first-order valence-electron chi connectivity index (χ1n) is 6.96. The Morgan fingerprint density at radius 3 is 2.55 bits per heavy atom. The highest BCUT2D eigenvalue weighted by Gasteiger charge is 2.06. The fraction of sp³-hybridized carbons (Fsp3) is 0.235. The normalized spacial score (nSPS) is 11.9. The third-order valence-corrected chi connectivity index (χ3v) is 3.91. The summed E-state index contributed by atoms with van der Waals surface area (Å²) in [5.41, 5.74) is 2.41. The van der Waals surface area contributed by atoms with Gasteiger partial charge >= 0.3 is 0 Å². The van der Waals surface area contributed by atoms with Crippen LogP contribution in [0.2, 0.25) is 0 Å². The molecule has 116 valence electrons. The topological polar surface area (TPSA) is 46.2 Å². The van der Waals surface area contributed by atoms with Gasteiger partial charge in [-0.1, -0.05) is 24.3 Å². The molecule has 2 rings (SSSR count). The van der Waals surface area contributed by atoms with Gasteiger partial charge in [0.1, 0.15) is 5.82 Å². The van der Waals surface area contributed by atoms with Gasteiger partial charge in [-0.25, -0.2) is 4.39 Å². The van der Waals surface area contributed by atoms with E-state index < -0.39 is 10.8 Å². The summed E-state index contributed by atoms with van der Waals surface area (Å²) in [5, 5.41) is 2.83. The van der Waals surface area contributed by atoms with Gasteiger partial charge < -0.3 is 5.32 Å². The molecule has 0 aliphatic carbocycles. The number of hydrogen-bond acceptors (Lipinski definition) is 2. The van der Waals surface area contributed by atoms with E-state index in [1.807, 2.05) is 6.07 Å².